The van der Waals surface area contributed by atoms with E-state index < -0.39 is 10.0 Å². The Balaban J connectivity index is 0.00000361. The van der Waals surface area contributed by atoms with Crippen molar-refractivity contribution >= 4 is 34.0 Å². The SMILES string of the molecule is COCCNCCNS(=O)(=O)c1cccc(C)c1Cl.Cl. The topological polar surface area (TPSA) is 67.4 Å². The molecule has 1 rings (SSSR count). The second kappa shape index (κ2) is 9.55. The standard InChI is InChI=1S/C12H19ClN2O3S.ClH/c1-10-4-3-5-11(12(10)13)19(16,17)15-7-6-14-8-9-18-2;/h3-5,14-15H,6-9H2,1-2H3;1H. The maximum atomic E-state index is 12.0. The summed E-state index contributed by atoms with van der Waals surface area (Å²) in [5, 5.41) is 3.32. The van der Waals surface area contributed by atoms with Gasteiger partial charge in [0.2, 0.25) is 10.0 Å². The van der Waals surface area contributed by atoms with Crippen molar-refractivity contribution in [2.24, 2.45) is 0 Å². The van der Waals surface area contributed by atoms with E-state index in [0.29, 0.717) is 26.2 Å². The number of ether oxygens (including phenoxy) is 1. The molecule has 0 spiro atoms. The predicted octanol–water partition coefficient (Wildman–Crippen LogP) is 1.58. The molecule has 0 bridgehead atoms. The molecule has 2 N–H and O–H groups in total. The van der Waals surface area contributed by atoms with E-state index in [9.17, 15) is 8.42 Å². The lowest BCUT2D eigenvalue weighted by Gasteiger charge is -2.10. The Morgan fingerprint density at radius 3 is 2.60 bits per heavy atom. The van der Waals surface area contributed by atoms with E-state index in [4.69, 9.17) is 16.3 Å². The smallest absolute Gasteiger partial charge is 0.242 e. The van der Waals surface area contributed by atoms with Crippen LogP contribution in [0.3, 0.4) is 0 Å². The van der Waals surface area contributed by atoms with Gasteiger partial charge in [0.15, 0.2) is 0 Å². The van der Waals surface area contributed by atoms with Crippen LogP contribution in [0.15, 0.2) is 23.1 Å². The van der Waals surface area contributed by atoms with Crippen LogP contribution < -0.4 is 10.0 Å². The minimum Gasteiger partial charge on any atom is -0.383 e. The fourth-order valence-electron chi connectivity index (χ4n) is 1.48. The molecule has 0 saturated heterocycles. The van der Waals surface area contributed by atoms with Crippen LogP contribution in [0.25, 0.3) is 0 Å². The lowest BCUT2D eigenvalue weighted by Crippen LogP contribution is -2.33. The van der Waals surface area contributed by atoms with Gasteiger partial charge >= 0.3 is 0 Å². The zero-order chi connectivity index (χ0) is 14.3. The molecule has 8 heteroatoms. The average molecular weight is 343 g/mol. The molecule has 0 atom stereocenters. The molecular formula is C12H20Cl2N2O3S. The van der Waals surface area contributed by atoms with E-state index in [1.807, 2.05) is 0 Å². The molecule has 0 radical (unpaired) electrons. The first-order valence-corrected chi connectivity index (χ1v) is 7.79. The molecule has 0 fully saturated rings. The van der Waals surface area contributed by atoms with Gasteiger partial charge < -0.3 is 10.1 Å². The maximum Gasteiger partial charge on any atom is 0.242 e. The van der Waals surface area contributed by atoms with Gasteiger partial charge in [-0.2, -0.15) is 0 Å². The molecule has 116 valence electrons. The van der Waals surface area contributed by atoms with Crippen molar-refractivity contribution in [3.05, 3.63) is 28.8 Å². The second-order valence-corrected chi connectivity index (χ2v) is 6.14. The second-order valence-electron chi connectivity index (χ2n) is 4.03. The predicted molar refractivity (Wildman–Crippen MR) is 83.4 cm³/mol. The van der Waals surface area contributed by atoms with Crippen molar-refractivity contribution in [1.29, 1.82) is 0 Å². The van der Waals surface area contributed by atoms with Crippen LogP contribution >= 0.6 is 24.0 Å². The van der Waals surface area contributed by atoms with Crippen LogP contribution in [-0.2, 0) is 14.8 Å². The van der Waals surface area contributed by atoms with E-state index in [2.05, 4.69) is 10.0 Å². The van der Waals surface area contributed by atoms with E-state index in [-0.39, 0.29) is 22.3 Å². The first-order valence-electron chi connectivity index (χ1n) is 5.93. The summed E-state index contributed by atoms with van der Waals surface area (Å²) >= 11 is 6.01. The van der Waals surface area contributed by atoms with Gasteiger partial charge in [0.1, 0.15) is 4.90 Å². The van der Waals surface area contributed by atoms with Crippen molar-refractivity contribution in [3.8, 4) is 0 Å². The number of hydrogen-bond donors (Lipinski definition) is 2. The fraction of sp³-hybridized carbons (Fsp3) is 0.500. The Morgan fingerprint density at radius 2 is 1.95 bits per heavy atom. The normalized spacial score (nSPS) is 11.2. The number of nitrogens with one attached hydrogen (secondary N) is 2. The summed E-state index contributed by atoms with van der Waals surface area (Å²) in [7, 11) is -1.94. The minimum atomic E-state index is -3.56. The Morgan fingerprint density at radius 1 is 1.25 bits per heavy atom. The van der Waals surface area contributed by atoms with Crippen molar-refractivity contribution in [3.63, 3.8) is 0 Å². The Hall–Kier alpha value is -0.370. The molecule has 0 heterocycles. The van der Waals surface area contributed by atoms with E-state index >= 15 is 0 Å². The summed E-state index contributed by atoms with van der Waals surface area (Å²) in [4.78, 5) is 0.117. The van der Waals surface area contributed by atoms with Crippen LogP contribution in [0, 0.1) is 6.92 Å². The van der Waals surface area contributed by atoms with Crippen molar-refractivity contribution < 1.29 is 13.2 Å². The highest BCUT2D eigenvalue weighted by Crippen LogP contribution is 2.24. The average Bonchev–Trinajstić information content (AvgIpc) is 2.36. The van der Waals surface area contributed by atoms with Crippen LogP contribution in [0.4, 0.5) is 0 Å². The first-order chi connectivity index (χ1) is 8.99. The number of sulfonamides is 1. The van der Waals surface area contributed by atoms with Gasteiger partial charge in [-0.25, -0.2) is 13.1 Å². The minimum absolute atomic E-state index is 0. The summed E-state index contributed by atoms with van der Waals surface area (Å²) in [5.41, 5.74) is 0.739. The number of rotatable bonds is 8. The number of benzene rings is 1. The Kier molecular flexibility index (Phi) is 9.37. The number of hydrogen-bond acceptors (Lipinski definition) is 4. The van der Waals surface area contributed by atoms with Crippen LogP contribution in [-0.4, -0.2) is 41.8 Å². The van der Waals surface area contributed by atoms with Crippen LogP contribution in [0.5, 0.6) is 0 Å². The highest BCUT2D eigenvalue weighted by Gasteiger charge is 2.17. The summed E-state index contributed by atoms with van der Waals surface area (Å²) < 4.78 is 31.5. The summed E-state index contributed by atoms with van der Waals surface area (Å²) in [6.45, 7) is 3.88. The van der Waals surface area contributed by atoms with Crippen molar-refractivity contribution in [2.75, 3.05) is 33.4 Å². The fourth-order valence-corrected chi connectivity index (χ4v) is 3.09. The largest absolute Gasteiger partial charge is 0.383 e. The zero-order valence-electron chi connectivity index (χ0n) is 11.5. The number of halogens is 2. The monoisotopic (exact) mass is 342 g/mol. The third-order valence-electron chi connectivity index (χ3n) is 2.52. The summed E-state index contributed by atoms with van der Waals surface area (Å²) in [6.07, 6.45) is 0. The van der Waals surface area contributed by atoms with E-state index in [1.165, 1.54) is 6.07 Å². The van der Waals surface area contributed by atoms with Gasteiger partial charge in [-0.1, -0.05) is 23.7 Å². The van der Waals surface area contributed by atoms with Gasteiger partial charge in [-0.05, 0) is 18.6 Å². The van der Waals surface area contributed by atoms with Gasteiger partial charge in [0, 0.05) is 26.7 Å². The maximum absolute atomic E-state index is 12.0. The lowest BCUT2D eigenvalue weighted by molar-refractivity contribution is 0.199. The number of methoxy groups -OCH3 is 1. The molecule has 20 heavy (non-hydrogen) atoms. The quantitative estimate of drug-likeness (QED) is 0.704. The number of aryl methyl sites for hydroxylation is 1. The third kappa shape index (κ3) is 5.95. The van der Waals surface area contributed by atoms with Gasteiger partial charge in [-0.3, -0.25) is 0 Å². The molecule has 0 aliphatic carbocycles. The summed E-state index contributed by atoms with van der Waals surface area (Å²) in [5.74, 6) is 0. The summed E-state index contributed by atoms with van der Waals surface area (Å²) in [6, 6.07) is 4.94. The Labute approximate surface area is 131 Å². The van der Waals surface area contributed by atoms with E-state index in [0.717, 1.165) is 5.56 Å². The third-order valence-corrected chi connectivity index (χ3v) is 4.64. The molecule has 0 aliphatic rings. The van der Waals surface area contributed by atoms with Crippen LogP contribution in [0.2, 0.25) is 5.02 Å². The van der Waals surface area contributed by atoms with Crippen LogP contribution in [0.1, 0.15) is 5.56 Å². The molecule has 0 unspecified atom stereocenters. The molecule has 1 aromatic carbocycles. The molecule has 0 aromatic heterocycles. The molecule has 0 aliphatic heterocycles. The van der Waals surface area contributed by atoms with E-state index in [1.54, 1.807) is 26.2 Å². The molecule has 0 amide bonds. The van der Waals surface area contributed by atoms with Gasteiger partial charge in [0.05, 0.1) is 11.6 Å². The first kappa shape index (κ1) is 19.6. The van der Waals surface area contributed by atoms with Gasteiger partial charge in [-0.15, -0.1) is 12.4 Å². The molecule has 5 nitrogen and oxygen atoms in total. The molecule has 0 saturated carbocycles. The molecule has 1 aromatic rings. The lowest BCUT2D eigenvalue weighted by atomic mass is 10.2. The highest BCUT2D eigenvalue weighted by atomic mass is 35.5. The Bertz CT molecular complexity index is 509. The zero-order valence-corrected chi connectivity index (χ0v) is 13.9. The van der Waals surface area contributed by atoms with Crippen molar-refractivity contribution in [1.82, 2.24) is 10.0 Å². The molecular weight excluding hydrogens is 323 g/mol. The van der Waals surface area contributed by atoms with Crippen molar-refractivity contribution in [2.45, 2.75) is 11.8 Å². The highest BCUT2D eigenvalue weighted by molar-refractivity contribution is 7.89. The van der Waals surface area contributed by atoms with Gasteiger partial charge in [0.25, 0.3) is 0 Å².